The molecule has 0 saturated heterocycles. The topological polar surface area (TPSA) is 37.0 Å². The molecule has 0 unspecified atom stereocenters. The molecule has 1 aliphatic rings. The van der Waals surface area contributed by atoms with E-state index in [0.717, 1.165) is 29.4 Å². The van der Waals surface area contributed by atoms with Crippen LogP contribution in [0.1, 0.15) is 44.1 Å². The predicted octanol–water partition coefficient (Wildman–Crippen LogP) is 3.88. The first kappa shape index (κ1) is 14.8. The predicted molar refractivity (Wildman–Crippen MR) is 84.7 cm³/mol. The quantitative estimate of drug-likeness (QED) is 0.637. The molecule has 1 aliphatic carbocycles. The highest BCUT2D eigenvalue weighted by molar-refractivity contribution is 9.10. The first-order chi connectivity index (χ1) is 9.25. The Kier molecular flexibility index (Phi) is 6.11. The molecule has 0 radical (unpaired) electrons. The molecule has 3 nitrogen and oxygen atoms in total. The van der Waals surface area contributed by atoms with E-state index >= 15 is 0 Å². The summed E-state index contributed by atoms with van der Waals surface area (Å²) in [7, 11) is 0. The standard InChI is InChI=1S/C15H24BrN3/c1-12-10-13(16)11-19-15(12)18-9-8-17-14-6-4-2-3-5-7-14/h10-11,14,17H,2-9H2,1H3,(H,18,19). The molecule has 0 atom stereocenters. The van der Waals surface area contributed by atoms with Gasteiger partial charge in [-0.1, -0.05) is 25.7 Å². The van der Waals surface area contributed by atoms with Crippen molar-refractivity contribution >= 4 is 21.7 Å². The van der Waals surface area contributed by atoms with Gasteiger partial charge in [-0.15, -0.1) is 0 Å². The number of halogens is 1. The molecule has 19 heavy (non-hydrogen) atoms. The van der Waals surface area contributed by atoms with E-state index in [4.69, 9.17) is 0 Å². The van der Waals surface area contributed by atoms with Gasteiger partial charge in [0.2, 0.25) is 0 Å². The molecule has 1 heterocycles. The molecule has 2 N–H and O–H groups in total. The summed E-state index contributed by atoms with van der Waals surface area (Å²) >= 11 is 3.43. The number of aromatic nitrogens is 1. The Labute approximate surface area is 124 Å². The Morgan fingerprint density at radius 2 is 1.95 bits per heavy atom. The van der Waals surface area contributed by atoms with E-state index in [-0.39, 0.29) is 0 Å². The molecule has 1 aromatic rings. The van der Waals surface area contributed by atoms with E-state index < -0.39 is 0 Å². The van der Waals surface area contributed by atoms with Gasteiger partial charge in [0.1, 0.15) is 5.82 Å². The number of aryl methyl sites for hydroxylation is 1. The van der Waals surface area contributed by atoms with Crippen molar-refractivity contribution in [2.24, 2.45) is 0 Å². The maximum absolute atomic E-state index is 4.39. The molecule has 4 heteroatoms. The van der Waals surface area contributed by atoms with Gasteiger partial charge in [0.25, 0.3) is 0 Å². The van der Waals surface area contributed by atoms with Gasteiger partial charge in [-0.25, -0.2) is 4.98 Å². The number of anilines is 1. The molecule has 1 aromatic heterocycles. The second-order valence-corrected chi connectivity index (χ2v) is 6.30. The van der Waals surface area contributed by atoms with Crippen molar-refractivity contribution < 1.29 is 0 Å². The van der Waals surface area contributed by atoms with Crippen LogP contribution in [0.4, 0.5) is 5.82 Å². The van der Waals surface area contributed by atoms with Crippen LogP contribution in [-0.4, -0.2) is 24.1 Å². The minimum atomic E-state index is 0.725. The number of pyridine rings is 1. The molecule has 0 aromatic carbocycles. The SMILES string of the molecule is Cc1cc(Br)cnc1NCCNC1CCCCCC1. The average molecular weight is 326 g/mol. The van der Waals surface area contributed by atoms with E-state index in [1.165, 1.54) is 44.1 Å². The number of rotatable bonds is 5. The molecular formula is C15H24BrN3. The number of nitrogens with one attached hydrogen (secondary N) is 2. The van der Waals surface area contributed by atoms with Crippen molar-refractivity contribution in [2.45, 2.75) is 51.5 Å². The third kappa shape index (κ3) is 5.11. The Balaban J connectivity index is 1.68. The Hall–Kier alpha value is -0.610. The monoisotopic (exact) mass is 325 g/mol. The summed E-state index contributed by atoms with van der Waals surface area (Å²) in [6, 6.07) is 2.82. The van der Waals surface area contributed by atoms with Crippen molar-refractivity contribution in [3.8, 4) is 0 Å². The highest BCUT2D eigenvalue weighted by Gasteiger charge is 2.10. The summed E-state index contributed by atoms with van der Waals surface area (Å²) in [5.74, 6) is 0.992. The maximum Gasteiger partial charge on any atom is 0.128 e. The van der Waals surface area contributed by atoms with Crippen LogP contribution in [0.5, 0.6) is 0 Å². The van der Waals surface area contributed by atoms with E-state index in [2.05, 4.69) is 44.5 Å². The average Bonchev–Trinajstić information content (AvgIpc) is 2.65. The minimum Gasteiger partial charge on any atom is -0.369 e. The fourth-order valence-corrected chi connectivity index (χ4v) is 3.11. The van der Waals surface area contributed by atoms with Crippen molar-refractivity contribution in [3.05, 3.63) is 22.3 Å². The first-order valence-corrected chi connectivity index (χ1v) is 8.14. The second kappa shape index (κ2) is 7.85. The van der Waals surface area contributed by atoms with E-state index in [1.807, 2.05) is 6.20 Å². The maximum atomic E-state index is 4.39. The molecule has 0 spiro atoms. The van der Waals surface area contributed by atoms with Crippen molar-refractivity contribution in [3.63, 3.8) is 0 Å². The summed E-state index contributed by atoms with van der Waals surface area (Å²) in [5.41, 5.74) is 1.18. The van der Waals surface area contributed by atoms with Gasteiger partial charge in [0.15, 0.2) is 0 Å². The summed E-state index contributed by atoms with van der Waals surface area (Å²) in [4.78, 5) is 4.39. The van der Waals surface area contributed by atoms with Gasteiger partial charge in [0.05, 0.1) is 0 Å². The number of hydrogen-bond donors (Lipinski definition) is 2. The van der Waals surface area contributed by atoms with Crippen LogP contribution in [0.3, 0.4) is 0 Å². The Morgan fingerprint density at radius 1 is 1.21 bits per heavy atom. The normalized spacial score (nSPS) is 17.2. The zero-order valence-corrected chi connectivity index (χ0v) is 13.3. The molecule has 2 rings (SSSR count). The van der Waals surface area contributed by atoms with Crippen LogP contribution < -0.4 is 10.6 Å². The van der Waals surface area contributed by atoms with Crippen molar-refractivity contribution in [1.82, 2.24) is 10.3 Å². The molecule has 0 aliphatic heterocycles. The summed E-state index contributed by atoms with van der Waals surface area (Å²) < 4.78 is 1.03. The van der Waals surface area contributed by atoms with Crippen LogP contribution in [0.2, 0.25) is 0 Å². The lowest BCUT2D eigenvalue weighted by Crippen LogP contribution is -2.32. The third-order valence-corrected chi connectivity index (χ3v) is 4.18. The summed E-state index contributed by atoms with van der Waals surface area (Å²) in [6.45, 7) is 4.03. The number of nitrogens with zero attached hydrogens (tertiary/aromatic N) is 1. The lowest BCUT2D eigenvalue weighted by molar-refractivity contribution is 0.468. The fraction of sp³-hybridized carbons (Fsp3) is 0.667. The van der Waals surface area contributed by atoms with Gasteiger partial charge in [-0.3, -0.25) is 0 Å². The third-order valence-electron chi connectivity index (χ3n) is 3.75. The van der Waals surface area contributed by atoms with Crippen LogP contribution in [-0.2, 0) is 0 Å². The van der Waals surface area contributed by atoms with E-state index in [1.54, 1.807) is 0 Å². The van der Waals surface area contributed by atoms with Crippen LogP contribution in [0.15, 0.2) is 16.7 Å². The lowest BCUT2D eigenvalue weighted by atomic mass is 10.1. The second-order valence-electron chi connectivity index (χ2n) is 5.39. The molecule has 0 amide bonds. The molecule has 0 bridgehead atoms. The zero-order chi connectivity index (χ0) is 13.5. The van der Waals surface area contributed by atoms with Gasteiger partial charge in [-0.05, 0) is 47.3 Å². The van der Waals surface area contributed by atoms with Crippen molar-refractivity contribution in [1.29, 1.82) is 0 Å². The minimum absolute atomic E-state index is 0.725. The molecular weight excluding hydrogens is 302 g/mol. The van der Waals surface area contributed by atoms with E-state index in [9.17, 15) is 0 Å². The van der Waals surface area contributed by atoms with Gasteiger partial charge < -0.3 is 10.6 Å². The van der Waals surface area contributed by atoms with Gasteiger partial charge in [0, 0.05) is 29.8 Å². The smallest absolute Gasteiger partial charge is 0.128 e. The zero-order valence-electron chi connectivity index (χ0n) is 11.7. The molecule has 1 fully saturated rings. The first-order valence-electron chi connectivity index (χ1n) is 7.35. The highest BCUT2D eigenvalue weighted by atomic mass is 79.9. The summed E-state index contributed by atoms with van der Waals surface area (Å²) in [5, 5.41) is 7.06. The Bertz CT molecular complexity index is 387. The Morgan fingerprint density at radius 3 is 2.63 bits per heavy atom. The fourth-order valence-electron chi connectivity index (χ4n) is 2.67. The van der Waals surface area contributed by atoms with Crippen LogP contribution >= 0.6 is 15.9 Å². The van der Waals surface area contributed by atoms with E-state index in [0.29, 0.717) is 0 Å². The van der Waals surface area contributed by atoms with Crippen molar-refractivity contribution in [2.75, 3.05) is 18.4 Å². The highest BCUT2D eigenvalue weighted by Crippen LogP contribution is 2.17. The van der Waals surface area contributed by atoms with Crippen LogP contribution in [0, 0.1) is 6.92 Å². The lowest BCUT2D eigenvalue weighted by Gasteiger charge is -2.16. The van der Waals surface area contributed by atoms with Gasteiger partial charge >= 0.3 is 0 Å². The molecule has 106 valence electrons. The largest absolute Gasteiger partial charge is 0.369 e. The summed E-state index contributed by atoms with van der Waals surface area (Å²) in [6.07, 6.45) is 10.1. The number of hydrogen-bond acceptors (Lipinski definition) is 3. The van der Waals surface area contributed by atoms with Crippen LogP contribution in [0.25, 0.3) is 0 Å². The van der Waals surface area contributed by atoms with Gasteiger partial charge in [-0.2, -0.15) is 0 Å². The molecule has 1 saturated carbocycles.